The summed E-state index contributed by atoms with van der Waals surface area (Å²) in [6.07, 6.45) is 0.684. The lowest BCUT2D eigenvalue weighted by molar-refractivity contribution is -0.142. The van der Waals surface area contributed by atoms with E-state index in [4.69, 9.17) is 24.3 Å². The zero-order valence-electron chi connectivity index (χ0n) is 24.2. The number of rotatable bonds is 13. The first-order valence-corrected chi connectivity index (χ1v) is 13.6. The average molecular weight is 617 g/mol. The Morgan fingerprint density at radius 1 is 1.00 bits per heavy atom. The molecule has 0 radical (unpaired) electrons. The van der Waals surface area contributed by atoms with Crippen molar-refractivity contribution in [2.75, 3.05) is 13.2 Å². The molecular weight excluding hydrogens is 583 g/mol. The summed E-state index contributed by atoms with van der Waals surface area (Å²) in [4.78, 5) is 32.5. The normalized spacial score (nSPS) is 12.3. The van der Waals surface area contributed by atoms with Gasteiger partial charge in [-0.05, 0) is 55.7 Å². The van der Waals surface area contributed by atoms with Crippen LogP contribution in [0.25, 0.3) is 22.8 Å². The fraction of sp³-hybridized carbons (Fsp3) is 0.379. The minimum atomic E-state index is -0.774. The molecule has 2 heterocycles. The first-order valence-electron chi connectivity index (χ1n) is 13.6. The number of aromatic nitrogens is 4. The molecule has 0 bridgehead atoms. The Bertz CT molecular complexity index is 1510. The second kappa shape index (κ2) is 15.2. The van der Waals surface area contributed by atoms with E-state index in [0.717, 1.165) is 11.6 Å². The molecule has 0 aliphatic carbocycles. The van der Waals surface area contributed by atoms with E-state index in [1.54, 1.807) is 19.1 Å². The molecule has 3 N–H and O–H groups in total. The first kappa shape index (κ1) is 33.1. The maximum absolute atomic E-state index is 14.8. The highest BCUT2D eigenvalue weighted by Gasteiger charge is 2.22. The largest absolute Gasteiger partial charge is 0.481 e. The van der Waals surface area contributed by atoms with Gasteiger partial charge in [0.15, 0.2) is 6.10 Å². The van der Waals surface area contributed by atoms with Gasteiger partial charge in [0.2, 0.25) is 17.5 Å². The van der Waals surface area contributed by atoms with Gasteiger partial charge in [0.1, 0.15) is 18.2 Å². The summed E-state index contributed by atoms with van der Waals surface area (Å²) in [5, 5.41) is 10.6. The Morgan fingerprint density at radius 3 is 2.33 bits per heavy atom. The molecule has 43 heavy (non-hydrogen) atoms. The van der Waals surface area contributed by atoms with Crippen molar-refractivity contribution in [3.05, 3.63) is 65.6 Å². The summed E-state index contributed by atoms with van der Waals surface area (Å²) in [7, 11) is 0. The second-order valence-electron chi connectivity index (χ2n) is 10.1. The van der Waals surface area contributed by atoms with E-state index in [2.05, 4.69) is 39.4 Å². The molecule has 2 aromatic heterocycles. The molecule has 14 heteroatoms. The first-order chi connectivity index (χ1) is 20.2. The number of nitrogens with zero attached hydrogens (tertiary/aromatic N) is 4. The van der Waals surface area contributed by atoms with Crippen LogP contribution in [0.1, 0.15) is 62.4 Å². The Labute approximate surface area is 253 Å². The van der Waals surface area contributed by atoms with Crippen LogP contribution in [-0.2, 0) is 16.0 Å². The molecule has 12 nitrogen and oxygen atoms in total. The number of halogens is 2. The number of nitrogens with two attached hydrogens (primary N) is 1. The summed E-state index contributed by atoms with van der Waals surface area (Å²) < 4.78 is 36.5. The van der Waals surface area contributed by atoms with E-state index >= 15 is 0 Å². The number of hydrogen-bond acceptors (Lipinski definition) is 11. The summed E-state index contributed by atoms with van der Waals surface area (Å²) in [6, 6.07) is 10.7. The molecule has 1 amide bonds. The maximum atomic E-state index is 14.8. The fourth-order valence-electron chi connectivity index (χ4n) is 3.90. The third-order valence-electron chi connectivity index (χ3n) is 6.04. The van der Waals surface area contributed by atoms with Crippen LogP contribution in [0.15, 0.2) is 51.5 Å². The van der Waals surface area contributed by atoms with Crippen molar-refractivity contribution in [1.82, 2.24) is 25.6 Å². The van der Waals surface area contributed by atoms with Crippen molar-refractivity contribution in [1.29, 1.82) is 0 Å². The summed E-state index contributed by atoms with van der Waals surface area (Å²) in [5.41, 5.74) is 6.11. The highest BCUT2D eigenvalue weighted by molar-refractivity contribution is 5.95. The summed E-state index contributed by atoms with van der Waals surface area (Å²) >= 11 is 0. The molecule has 0 aliphatic rings. The van der Waals surface area contributed by atoms with Crippen molar-refractivity contribution in [3.63, 3.8) is 0 Å². The van der Waals surface area contributed by atoms with E-state index < -0.39 is 29.8 Å². The van der Waals surface area contributed by atoms with Crippen LogP contribution >= 0.6 is 12.4 Å². The number of carbonyl (C=O) groups is 2. The lowest BCUT2D eigenvalue weighted by atomic mass is 10.1. The zero-order chi connectivity index (χ0) is 30.2. The Balaban J connectivity index is 0.00000506. The number of hydrogen-bond donors (Lipinski definition) is 2. The molecule has 0 saturated heterocycles. The van der Waals surface area contributed by atoms with Crippen molar-refractivity contribution >= 4 is 24.3 Å². The van der Waals surface area contributed by atoms with E-state index in [1.807, 2.05) is 19.1 Å². The van der Waals surface area contributed by atoms with Gasteiger partial charge in [-0.3, -0.25) is 9.59 Å². The standard InChI is InChI=1S/C29H33FN6O6.ClH/c1-5-23(40-20-9-6-18(7-10-20)26-33-24(41-35-26)12-16(2)3)29-34-27(36-42-29)19-8-11-21(22(30)13-19)28(38)32-17(4)15-39-25(37)14-31;/h6-11,13,16-17,23H,5,12,14-15,31H2,1-4H3,(H,32,38);1H/t17-,23?;/m1./s1. The van der Waals surface area contributed by atoms with Gasteiger partial charge in [-0.1, -0.05) is 37.2 Å². The highest BCUT2D eigenvalue weighted by Crippen LogP contribution is 2.28. The zero-order valence-corrected chi connectivity index (χ0v) is 25.0. The molecule has 230 valence electrons. The van der Waals surface area contributed by atoms with Crippen LogP contribution in [0.2, 0.25) is 0 Å². The minimum Gasteiger partial charge on any atom is -0.481 e. The van der Waals surface area contributed by atoms with Crippen LogP contribution in [0.3, 0.4) is 0 Å². The molecule has 2 atom stereocenters. The molecule has 1 unspecified atom stereocenters. The molecule has 0 saturated carbocycles. The van der Waals surface area contributed by atoms with Crippen molar-refractivity contribution in [2.45, 2.75) is 52.7 Å². The SMILES string of the molecule is CCC(Oc1ccc(-c2noc(CC(C)C)n2)cc1)c1nc(-c2ccc(C(=O)N[C@H](C)COC(=O)CN)c(F)c2)no1.Cl. The van der Waals surface area contributed by atoms with Gasteiger partial charge < -0.3 is 29.6 Å². The quantitative estimate of drug-likeness (QED) is 0.200. The highest BCUT2D eigenvalue weighted by atomic mass is 35.5. The Hall–Kier alpha value is -4.36. The van der Waals surface area contributed by atoms with Gasteiger partial charge in [-0.2, -0.15) is 9.97 Å². The average Bonchev–Trinajstić information content (AvgIpc) is 3.65. The van der Waals surface area contributed by atoms with Crippen LogP contribution < -0.4 is 15.8 Å². The number of esters is 1. The van der Waals surface area contributed by atoms with E-state index in [1.165, 1.54) is 12.1 Å². The predicted molar refractivity (Wildman–Crippen MR) is 156 cm³/mol. The molecule has 2 aromatic carbocycles. The van der Waals surface area contributed by atoms with Gasteiger partial charge in [0, 0.05) is 17.5 Å². The summed E-state index contributed by atoms with van der Waals surface area (Å²) in [6.45, 7) is 7.33. The lowest BCUT2D eigenvalue weighted by Gasteiger charge is -2.14. The van der Waals surface area contributed by atoms with Crippen molar-refractivity contribution in [3.8, 4) is 28.5 Å². The van der Waals surface area contributed by atoms with Crippen LogP contribution in [0, 0.1) is 11.7 Å². The van der Waals surface area contributed by atoms with E-state index in [9.17, 15) is 14.0 Å². The van der Waals surface area contributed by atoms with Crippen molar-refractivity contribution in [2.24, 2.45) is 11.7 Å². The van der Waals surface area contributed by atoms with Crippen LogP contribution in [-0.4, -0.2) is 51.4 Å². The Kier molecular flexibility index (Phi) is 11.7. The van der Waals surface area contributed by atoms with Crippen LogP contribution in [0.5, 0.6) is 5.75 Å². The number of ether oxygens (including phenoxy) is 2. The Morgan fingerprint density at radius 2 is 1.67 bits per heavy atom. The maximum Gasteiger partial charge on any atom is 0.319 e. The number of nitrogens with one attached hydrogen (secondary N) is 1. The monoisotopic (exact) mass is 616 g/mol. The number of carbonyl (C=O) groups excluding carboxylic acids is 2. The molecule has 4 rings (SSSR count). The molecule has 0 spiro atoms. The lowest BCUT2D eigenvalue weighted by Crippen LogP contribution is -2.37. The molecular formula is C29H34ClFN6O6. The number of amides is 1. The van der Waals surface area contributed by atoms with Crippen LogP contribution in [0.4, 0.5) is 4.39 Å². The van der Waals surface area contributed by atoms with Crippen molar-refractivity contribution < 1.29 is 32.5 Å². The predicted octanol–water partition coefficient (Wildman–Crippen LogP) is 4.70. The molecule has 0 aliphatic heterocycles. The van der Waals surface area contributed by atoms with Gasteiger partial charge in [0.05, 0.1) is 18.2 Å². The number of benzene rings is 2. The third-order valence-corrected chi connectivity index (χ3v) is 6.04. The van der Waals surface area contributed by atoms with Gasteiger partial charge in [-0.15, -0.1) is 12.4 Å². The van der Waals surface area contributed by atoms with Gasteiger partial charge in [0.25, 0.3) is 11.8 Å². The smallest absolute Gasteiger partial charge is 0.319 e. The third kappa shape index (κ3) is 8.82. The second-order valence-corrected chi connectivity index (χ2v) is 10.1. The van der Waals surface area contributed by atoms with Gasteiger partial charge in [-0.25, -0.2) is 4.39 Å². The minimum absolute atomic E-state index is 0. The topological polar surface area (TPSA) is 168 Å². The van der Waals surface area contributed by atoms with E-state index in [-0.39, 0.29) is 42.8 Å². The molecule has 0 fully saturated rings. The van der Waals surface area contributed by atoms with Gasteiger partial charge >= 0.3 is 5.97 Å². The van der Waals surface area contributed by atoms with E-state index in [0.29, 0.717) is 41.8 Å². The fourth-order valence-corrected chi connectivity index (χ4v) is 3.90. The summed E-state index contributed by atoms with van der Waals surface area (Å²) in [5.74, 6) is 0.402. The molecule has 4 aromatic rings.